The minimum absolute atomic E-state index is 0.166. The number of rotatable bonds is 9. The van der Waals surface area contributed by atoms with Crippen LogP contribution in [0, 0.1) is 5.92 Å². The molecule has 136 valence electrons. The van der Waals surface area contributed by atoms with Crippen LogP contribution in [-0.2, 0) is 11.3 Å². The van der Waals surface area contributed by atoms with Gasteiger partial charge >= 0.3 is 5.97 Å². The van der Waals surface area contributed by atoms with Crippen LogP contribution in [0.2, 0.25) is 0 Å². The average Bonchev–Trinajstić information content (AvgIpc) is 2.95. The quantitative estimate of drug-likeness (QED) is 0.602. The van der Waals surface area contributed by atoms with Gasteiger partial charge in [0, 0.05) is 18.5 Å². The molecule has 2 aromatic rings. The predicted octanol–water partition coefficient (Wildman–Crippen LogP) is 2.04. The number of aryl methyl sites for hydroxylation is 1. The number of carbonyl (C=O) groups excluding carboxylic acids is 1. The Morgan fingerprint density at radius 1 is 1.20 bits per heavy atom. The summed E-state index contributed by atoms with van der Waals surface area (Å²) >= 11 is 0. The van der Waals surface area contributed by atoms with E-state index < -0.39 is 17.9 Å². The largest absolute Gasteiger partial charge is 0.480 e. The number of fused-ring (bicyclic) bond motifs is 1. The van der Waals surface area contributed by atoms with E-state index >= 15 is 0 Å². The predicted molar refractivity (Wildman–Crippen MR) is 94.4 cm³/mol. The topological polar surface area (TPSA) is 104 Å². The van der Waals surface area contributed by atoms with E-state index in [0.717, 1.165) is 24.8 Å². The molecule has 0 aliphatic carbocycles. The summed E-state index contributed by atoms with van der Waals surface area (Å²) in [4.78, 5) is 23.9. The number of aliphatic carboxylic acids is 1. The van der Waals surface area contributed by atoms with Crippen molar-refractivity contribution >= 4 is 22.8 Å². The molecule has 0 aliphatic heterocycles. The number of carbonyl (C=O) groups is 2. The third-order valence-corrected chi connectivity index (χ3v) is 4.12. The maximum atomic E-state index is 12.6. The van der Waals surface area contributed by atoms with Crippen LogP contribution >= 0.6 is 0 Å². The third-order valence-electron chi connectivity index (χ3n) is 4.12. The molecule has 7 nitrogen and oxygen atoms in total. The fourth-order valence-corrected chi connectivity index (χ4v) is 2.74. The number of amides is 1. The van der Waals surface area contributed by atoms with Gasteiger partial charge in [0.15, 0.2) is 5.69 Å². The summed E-state index contributed by atoms with van der Waals surface area (Å²) in [5.41, 5.74) is 1.08. The van der Waals surface area contributed by atoms with E-state index in [1.807, 2.05) is 24.3 Å². The van der Waals surface area contributed by atoms with E-state index in [9.17, 15) is 14.7 Å². The Hall–Kier alpha value is -2.41. The Balaban J connectivity index is 2.25. The summed E-state index contributed by atoms with van der Waals surface area (Å²) in [5, 5.41) is 25.8. The number of para-hydroxylation sites is 1. The lowest BCUT2D eigenvalue weighted by atomic mass is 10.0. The lowest BCUT2D eigenvalue weighted by Gasteiger charge is -2.17. The monoisotopic (exact) mass is 347 g/mol. The molecule has 7 heteroatoms. The molecule has 1 amide bonds. The third kappa shape index (κ3) is 4.57. The van der Waals surface area contributed by atoms with Crippen molar-refractivity contribution in [3.05, 3.63) is 30.0 Å². The molecular weight excluding hydrogens is 322 g/mol. The zero-order valence-corrected chi connectivity index (χ0v) is 14.6. The molecule has 1 aromatic heterocycles. The molecule has 1 heterocycles. The molecule has 25 heavy (non-hydrogen) atoms. The fourth-order valence-electron chi connectivity index (χ4n) is 2.74. The molecule has 0 radical (unpaired) electrons. The van der Waals surface area contributed by atoms with Gasteiger partial charge in [0.2, 0.25) is 0 Å². The van der Waals surface area contributed by atoms with E-state index in [0.29, 0.717) is 11.9 Å². The molecule has 1 aromatic carbocycles. The van der Waals surface area contributed by atoms with Gasteiger partial charge in [0.05, 0.1) is 5.52 Å². The molecule has 0 saturated heterocycles. The Labute approximate surface area is 146 Å². The summed E-state index contributed by atoms with van der Waals surface area (Å²) in [5.74, 6) is -1.77. The smallest absolute Gasteiger partial charge is 0.326 e. The van der Waals surface area contributed by atoms with E-state index in [1.54, 1.807) is 18.5 Å². The maximum absolute atomic E-state index is 12.6. The molecule has 1 atom stereocenters. The highest BCUT2D eigenvalue weighted by atomic mass is 16.4. The van der Waals surface area contributed by atoms with Crippen LogP contribution in [0.3, 0.4) is 0 Å². The summed E-state index contributed by atoms with van der Waals surface area (Å²) < 4.78 is 1.77. The Bertz CT molecular complexity index is 739. The van der Waals surface area contributed by atoms with Crippen LogP contribution in [0.1, 0.15) is 43.6 Å². The van der Waals surface area contributed by atoms with Gasteiger partial charge in [-0.15, -0.1) is 0 Å². The van der Waals surface area contributed by atoms with Crippen LogP contribution in [-0.4, -0.2) is 44.5 Å². The number of carboxylic acid groups (broad SMARTS) is 1. The molecule has 0 saturated carbocycles. The van der Waals surface area contributed by atoms with Gasteiger partial charge in [-0.3, -0.25) is 9.48 Å². The Kier molecular flexibility index (Phi) is 6.52. The van der Waals surface area contributed by atoms with Crippen molar-refractivity contribution in [2.75, 3.05) is 6.61 Å². The van der Waals surface area contributed by atoms with Gasteiger partial charge in [-0.05, 0) is 31.2 Å². The molecule has 0 fully saturated rings. The highest BCUT2D eigenvalue weighted by molar-refractivity contribution is 6.05. The SMILES string of the molecule is CC(C)C(NC(=O)c1nn(CCCCCO)c2ccccc12)C(=O)O. The lowest BCUT2D eigenvalue weighted by Crippen LogP contribution is -2.44. The molecule has 3 N–H and O–H groups in total. The number of aliphatic hydroxyl groups excluding tert-OH is 1. The first-order chi connectivity index (χ1) is 12.0. The van der Waals surface area contributed by atoms with E-state index in [-0.39, 0.29) is 18.2 Å². The van der Waals surface area contributed by atoms with E-state index in [1.165, 1.54) is 0 Å². The van der Waals surface area contributed by atoms with Gasteiger partial charge in [0.25, 0.3) is 5.91 Å². The number of nitrogens with one attached hydrogen (secondary N) is 1. The first kappa shape index (κ1) is 18.9. The number of aliphatic hydroxyl groups is 1. The number of nitrogens with zero attached hydrogens (tertiary/aromatic N) is 2. The second kappa shape index (κ2) is 8.62. The molecule has 0 bridgehead atoms. The first-order valence-corrected chi connectivity index (χ1v) is 8.55. The number of hydrogen-bond donors (Lipinski definition) is 3. The summed E-state index contributed by atoms with van der Waals surface area (Å²) in [7, 11) is 0. The number of carboxylic acids is 1. The van der Waals surface area contributed by atoms with Gasteiger partial charge in [-0.2, -0.15) is 5.10 Å². The van der Waals surface area contributed by atoms with Crippen LogP contribution in [0.5, 0.6) is 0 Å². The van der Waals surface area contributed by atoms with Crippen molar-refractivity contribution in [3.63, 3.8) is 0 Å². The number of unbranched alkanes of at least 4 members (excludes halogenated alkanes) is 2. The Morgan fingerprint density at radius 2 is 1.92 bits per heavy atom. The second-order valence-electron chi connectivity index (χ2n) is 6.41. The second-order valence-corrected chi connectivity index (χ2v) is 6.41. The first-order valence-electron chi connectivity index (χ1n) is 8.55. The number of benzene rings is 1. The highest BCUT2D eigenvalue weighted by Crippen LogP contribution is 2.19. The van der Waals surface area contributed by atoms with Gasteiger partial charge < -0.3 is 15.5 Å². The minimum Gasteiger partial charge on any atom is -0.480 e. The van der Waals surface area contributed by atoms with Crippen molar-refractivity contribution in [2.45, 2.75) is 45.7 Å². The normalized spacial score (nSPS) is 12.5. The van der Waals surface area contributed by atoms with E-state index in [2.05, 4.69) is 10.4 Å². The number of aromatic nitrogens is 2. The van der Waals surface area contributed by atoms with Crippen LogP contribution in [0.25, 0.3) is 10.9 Å². The molecule has 0 spiro atoms. The van der Waals surface area contributed by atoms with E-state index in [4.69, 9.17) is 5.11 Å². The van der Waals surface area contributed by atoms with Crippen molar-refractivity contribution in [2.24, 2.45) is 5.92 Å². The molecule has 0 aliphatic rings. The summed E-state index contributed by atoms with van der Waals surface area (Å²) in [6, 6.07) is 6.45. The summed E-state index contributed by atoms with van der Waals surface area (Å²) in [6.45, 7) is 4.30. The zero-order chi connectivity index (χ0) is 18.4. The van der Waals surface area contributed by atoms with Crippen LogP contribution in [0.4, 0.5) is 0 Å². The van der Waals surface area contributed by atoms with Crippen LogP contribution < -0.4 is 5.32 Å². The van der Waals surface area contributed by atoms with Gasteiger partial charge in [0.1, 0.15) is 6.04 Å². The molecule has 2 rings (SSSR count). The highest BCUT2D eigenvalue weighted by Gasteiger charge is 2.26. The van der Waals surface area contributed by atoms with Crippen molar-refractivity contribution in [1.82, 2.24) is 15.1 Å². The number of hydrogen-bond acceptors (Lipinski definition) is 4. The zero-order valence-electron chi connectivity index (χ0n) is 14.6. The fraction of sp³-hybridized carbons (Fsp3) is 0.500. The van der Waals surface area contributed by atoms with Crippen molar-refractivity contribution < 1.29 is 19.8 Å². The molecular formula is C18H25N3O4. The molecule has 1 unspecified atom stereocenters. The van der Waals surface area contributed by atoms with Crippen LogP contribution in [0.15, 0.2) is 24.3 Å². The lowest BCUT2D eigenvalue weighted by molar-refractivity contribution is -0.140. The van der Waals surface area contributed by atoms with Crippen molar-refractivity contribution in [3.8, 4) is 0 Å². The van der Waals surface area contributed by atoms with Crippen molar-refractivity contribution in [1.29, 1.82) is 0 Å². The maximum Gasteiger partial charge on any atom is 0.326 e. The van der Waals surface area contributed by atoms with Gasteiger partial charge in [-0.25, -0.2) is 4.79 Å². The van der Waals surface area contributed by atoms with Gasteiger partial charge in [-0.1, -0.05) is 32.0 Å². The standard InChI is InChI=1S/C18H25N3O4/c1-12(2)15(18(24)25)19-17(23)16-13-8-4-5-9-14(13)21(20-16)10-6-3-7-11-22/h4-5,8-9,12,15,22H,3,6-7,10-11H2,1-2H3,(H,19,23)(H,24,25). The minimum atomic E-state index is -1.06. The Morgan fingerprint density at radius 3 is 2.56 bits per heavy atom. The summed E-state index contributed by atoms with van der Waals surface area (Å²) in [6.07, 6.45) is 2.46. The average molecular weight is 347 g/mol.